The van der Waals surface area contributed by atoms with Crippen LogP contribution in [0.1, 0.15) is 0 Å². The smallest absolute Gasteiger partial charge is 0.111 e. The van der Waals surface area contributed by atoms with E-state index in [1.807, 2.05) is 0 Å². The standard InChI is InChI=1S/C6H11ClO4/c7-1-4-6(10)5(9)3(8)2-11-4/h3-6,8-10H,1-2H2/t3-,4+,5+,6-/m0/s1. The maximum atomic E-state index is 9.19. The van der Waals surface area contributed by atoms with Gasteiger partial charge in [-0.25, -0.2) is 0 Å². The van der Waals surface area contributed by atoms with Gasteiger partial charge in [0, 0.05) is 0 Å². The number of halogens is 1. The second-order valence-electron chi connectivity index (χ2n) is 2.57. The van der Waals surface area contributed by atoms with Crippen molar-refractivity contribution >= 4 is 11.6 Å². The van der Waals surface area contributed by atoms with E-state index >= 15 is 0 Å². The van der Waals surface area contributed by atoms with E-state index in [1.54, 1.807) is 0 Å². The molecule has 0 aromatic rings. The molecule has 1 aliphatic heterocycles. The maximum absolute atomic E-state index is 9.19. The van der Waals surface area contributed by atoms with Crippen molar-refractivity contribution < 1.29 is 20.1 Å². The van der Waals surface area contributed by atoms with E-state index in [9.17, 15) is 5.11 Å². The number of ether oxygens (including phenoxy) is 1. The van der Waals surface area contributed by atoms with Crippen LogP contribution in [0.25, 0.3) is 0 Å². The molecule has 0 radical (unpaired) electrons. The number of alkyl halides is 1. The topological polar surface area (TPSA) is 69.9 Å². The highest BCUT2D eigenvalue weighted by Crippen LogP contribution is 2.16. The van der Waals surface area contributed by atoms with Crippen LogP contribution in [0.15, 0.2) is 0 Å². The summed E-state index contributed by atoms with van der Waals surface area (Å²) in [5, 5.41) is 27.3. The molecule has 0 spiro atoms. The number of hydrogen-bond donors (Lipinski definition) is 3. The molecule has 0 aliphatic carbocycles. The molecule has 0 bridgehead atoms. The zero-order valence-electron chi connectivity index (χ0n) is 5.85. The van der Waals surface area contributed by atoms with Crippen LogP contribution in [0.3, 0.4) is 0 Å². The second kappa shape index (κ2) is 3.69. The highest BCUT2D eigenvalue weighted by molar-refractivity contribution is 6.18. The minimum absolute atomic E-state index is 0.0234. The Balaban J connectivity index is 2.52. The largest absolute Gasteiger partial charge is 0.388 e. The molecule has 4 atom stereocenters. The Hall–Kier alpha value is 0.130. The summed E-state index contributed by atoms with van der Waals surface area (Å²) in [5.41, 5.74) is 0. The molecule has 1 saturated heterocycles. The first-order valence-electron chi connectivity index (χ1n) is 3.38. The Morgan fingerprint density at radius 2 is 1.91 bits per heavy atom. The zero-order valence-corrected chi connectivity index (χ0v) is 6.61. The van der Waals surface area contributed by atoms with Gasteiger partial charge in [0.2, 0.25) is 0 Å². The van der Waals surface area contributed by atoms with Crippen LogP contribution in [0.5, 0.6) is 0 Å². The van der Waals surface area contributed by atoms with Crippen LogP contribution < -0.4 is 0 Å². The summed E-state index contributed by atoms with van der Waals surface area (Å²) >= 11 is 5.41. The van der Waals surface area contributed by atoms with Gasteiger partial charge in [0.05, 0.1) is 18.6 Å². The van der Waals surface area contributed by atoms with Crippen molar-refractivity contribution in [1.82, 2.24) is 0 Å². The van der Waals surface area contributed by atoms with Crippen LogP contribution in [0.4, 0.5) is 0 Å². The van der Waals surface area contributed by atoms with E-state index in [4.69, 9.17) is 26.6 Å². The predicted octanol–water partition coefficient (Wildman–Crippen LogP) is -1.29. The quantitative estimate of drug-likeness (QED) is 0.442. The summed E-state index contributed by atoms with van der Waals surface area (Å²) in [6.45, 7) is 0.0234. The third-order valence-electron chi connectivity index (χ3n) is 1.76. The Morgan fingerprint density at radius 1 is 1.27 bits per heavy atom. The van der Waals surface area contributed by atoms with Gasteiger partial charge in [-0.15, -0.1) is 11.6 Å². The summed E-state index contributed by atoms with van der Waals surface area (Å²) in [7, 11) is 0. The molecule has 0 amide bonds. The van der Waals surface area contributed by atoms with Crippen LogP contribution in [-0.4, -0.2) is 52.2 Å². The van der Waals surface area contributed by atoms with E-state index in [2.05, 4.69) is 0 Å². The summed E-state index contributed by atoms with van der Waals surface area (Å²) in [5.74, 6) is 0.116. The summed E-state index contributed by atoms with van der Waals surface area (Å²) in [6.07, 6.45) is -3.82. The van der Waals surface area contributed by atoms with Crippen molar-refractivity contribution in [1.29, 1.82) is 0 Å². The number of aliphatic hydroxyl groups excluding tert-OH is 3. The van der Waals surface area contributed by atoms with Crippen molar-refractivity contribution in [2.24, 2.45) is 0 Å². The predicted molar refractivity (Wildman–Crippen MR) is 38.5 cm³/mol. The lowest BCUT2D eigenvalue weighted by Gasteiger charge is -2.34. The maximum Gasteiger partial charge on any atom is 0.111 e. The van der Waals surface area contributed by atoms with Crippen LogP contribution in [0.2, 0.25) is 0 Å². The van der Waals surface area contributed by atoms with E-state index < -0.39 is 24.4 Å². The molecule has 0 saturated carbocycles. The Labute approximate surface area is 69.4 Å². The molecule has 1 aliphatic rings. The van der Waals surface area contributed by atoms with Gasteiger partial charge in [-0.1, -0.05) is 0 Å². The van der Waals surface area contributed by atoms with Crippen molar-refractivity contribution in [2.45, 2.75) is 24.4 Å². The molecule has 11 heavy (non-hydrogen) atoms. The molecule has 5 heteroatoms. The van der Waals surface area contributed by atoms with Gasteiger partial charge in [-0.3, -0.25) is 0 Å². The Bertz CT molecular complexity index is 130. The minimum Gasteiger partial charge on any atom is -0.388 e. The van der Waals surface area contributed by atoms with Crippen LogP contribution in [-0.2, 0) is 4.74 Å². The van der Waals surface area contributed by atoms with Crippen LogP contribution in [0, 0.1) is 0 Å². The van der Waals surface area contributed by atoms with E-state index in [-0.39, 0.29) is 12.5 Å². The fourth-order valence-corrected chi connectivity index (χ4v) is 1.27. The number of aliphatic hydroxyl groups is 3. The minimum atomic E-state index is -1.15. The highest BCUT2D eigenvalue weighted by atomic mass is 35.5. The SMILES string of the molecule is O[C@@H]1[C@H](O)[C@@H](O)CO[C@@H]1CCl. The molecular formula is C6H11ClO4. The van der Waals surface area contributed by atoms with Crippen molar-refractivity contribution in [2.75, 3.05) is 12.5 Å². The average molecular weight is 183 g/mol. The lowest BCUT2D eigenvalue weighted by Crippen LogP contribution is -2.53. The van der Waals surface area contributed by atoms with E-state index in [1.165, 1.54) is 0 Å². The van der Waals surface area contributed by atoms with Crippen molar-refractivity contribution in [3.63, 3.8) is 0 Å². The summed E-state index contributed by atoms with van der Waals surface area (Å²) < 4.78 is 4.93. The molecule has 0 aromatic heterocycles. The van der Waals surface area contributed by atoms with Crippen LogP contribution >= 0.6 is 11.6 Å². The normalized spacial score (nSPS) is 45.8. The third kappa shape index (κ3) is 1.83. The Kier molecular flexibility index (Phi) is 3.09. The first kappa shape index (κ1) is 9.22. The molecule has 3 N–H and O–H groups in total. The lowest BCUT2D eigenvalue weighted by atomic mass is 10.0. The van der Waals surface area contributed by atoms with Crippen molar-refractivity contribution in [3.05, 3.63) is 0 Å². The molecule has 1 fully saturated rings. The first-order valence-corrected chi connectivity index (χ1v) is 3.92. The fourth-order valence-electron chi connectivity index (χ4n) is 1.00. The summed E-state index contributed by atoms with van der Waals surface area (Å²) in [4.78, 5) is 0. The Morgan fingerprint density at radius 3 is 2.45 bits per heavy atom. The number of hydrogen-bond acceptors (Lipinski definition) is 4. The van der Waals surface area contributed by atoms with Gasteiger partial charge in [0.1, 0.15) is 18.3 Å². The second-order valence-corrected chi connectivity index (χ2v) is 2.88. The molecule has 4 nitrogen and oxygen atoms in total. The van der Waals surface area contributed by atoms with Gasteiger partial charge in [-0.05, 0) is 0 Å². The van der Waals surface area contributed by atoms with E-state index in [0.717, 1.165) is 0 Å². The average Bonchev–Trinajstić information content (AvgIpc) is 2.01. The van der Waals surface area contributed by atoms with E-state index in [0.29, 0.717) is 0 Å². The molecule has 1 heterocycles. The first-order chi connectivity index (χ1) is 5.16. The molecule has 66 valence electrons. The summed E-state index contributed by atoms with van der Waals surface area (Å²) in [6, 6.07) is 0. The van der Waals surface area contributed by atoms with Gasteiger partial charge >= 0.3 is 0 Å². The fraction of sp³-hybridized carbons (Fsp3) is 1.00. The highest BCUT2D eigenvalue weighted by Gasteiger charge is 2.36. The van der Waals surface area contributed by atoms with Crippen molar-refractivity contribution in [3.8, 4) is 0 Å². The monoisotopic (exact) mass is 182 g/mol. The molecule has 1 rings (SSSR count). The zero-order chi connectivity index (χ0) is 8.43. The molecule has 0 unspecified atom stereocenters. The molecule has 0 aromatic carbocycles. The van der Waals surface area contributed by atoms with Gasteiger partial charge in [-0.2, -0.15) is 0 Å². The van der Waals surface area contributed by atoms with Gasteiger partial charge in [0.25, 0.3) is 0 Å². The number of rotatable bonds is 1. The third-order valence-corrected chi connectivity index (χ3v) is 2.06. The van der Waals surface area contributed by atoms with Gasteiger partial charge in [0.15, 0.2) is 0 Å². The lowest BCUT2D eigenvalue weighted by molar-refractivity contribution is -0.180. The molecular weight excluding hydrogens is 172 g/mol. The van der Waals surface area contributed by atoms with Gasteiger partial charge < -0.3 is 20.1 Å².